The highest BCUT2D eigenvalue weighted by Gasteiger charge is 2.15. The Morgan fingerprint density at radius 2 is 1.84 bits per heavy atom. The summed E-state index contributed by atoms with van der Waals surface area (Å²) in [6.07, 6.45) is 1.60. The Morgan fingerprint density at radius 3 is 2.59 bits per heavy atom. The molecule has 164 valence electrons. The highest BCUT2D eigenvalue weighted by molar-refractivity contribution is 7.99. The van der Waals surface area contributed by atoms with E-state index < -0.39 is 0 Å². The summed E-state index contributed by atoms with van der Waals surface area (Å²) in [5.41, 5.74) is 6.13. The van der Waals surface area contributed by atoms with Crippen LogP contribution >= 0.6 is 23.4 Å². The fraction of sp³-hybridized carbons (Fsp3) is 0.250. The van der Waals surface area contributed by atoms with Crippen molar-refractivity contribution in [2.45, 2.75) is 38.8 Å². The van der Waals surface area contributed by atoms with Crippen LogP contribution in [-0.4, -0.2) is 31.2 Å². The van der Waals surface area contributed by atoms with Gasteiger partial charge in [0.2, 0.25) is 11.1 Å². The van der Waals surface area contributed by atoms with Gasteiger partial charge in [0.15, 0.2) is 0 Å². The first-order valence-electron chi connectivity index (χ1n) is 10.4. The van der Waals surface area contributed by atoms with Gasteiger partial charge in [0.1, 0.15) is 0 Å². The minimum Gasteiger partial charge on any atom is -0.325 e. The molecule has 0 fully saturated rings. The largest absolute Gasteiger partial charge is 0.325 e. The maximum atomic E-state index is 12.5. The van der Waals surface area contributed by atoms with E-state index in [9.17, 15) is 4.79 Å². The normalized spacial score (nSPS) is 11.1. The van der Waals surface area contributed by atoms with Crippen LogP contribution in [-0.2, 0) is 17.6 Å². The Bertz CT molecular complexity index is 1270. The van der Waals surface area contributed by atoms with Gasteiger partial charge in [-0.1, -0.05) is 60.6 Å². The van der Waals surface area contributed by atoms with E-state index in [1.807, 2.05) is 62.4 Å². The summed E-state index contributed by atoms with van der Waals surface area (Å²) >= 11 is 7.31. The first kappa shape index (κ1) is 22.3. The number of aryl methyl sites for hydroxylation is 3. The fourth-order valence-electron chi connectivity index (χ4n) is 3.58. The lowest BCUT2D eigenvalue weighted by molar-refractivity contribution is -0.113. The van der Waals surface area contributed by atoms with Crippen LogP contribution in [0.15, 0.2) is 53.7 Å². The molecule has 4 rings (SSSR count). The van der Waals surface area contributed by atoms with Gasteiger partial charge in [0.05, 0.1) is 5.75 Å². The highest BCUT2D eigenvalue weighted by Crippen LogP contribution is 2.22. The Hall–Kier alpha value is -2.90. The Kier molecular flexibility index (Phi) is 6.77. The third-order valence-electron chi connectivity index (χ3n) is 5.33. The number of thioether (sulfide) groups is 1. The molecule has 0 bridgehead atoms. The van der Waals surface area contributed by atoms with Crippen LogP contribution < -0.4 is 5.32 Å². The molecule has 0 radical (unpaired) electrons. The molecule has 0 aliphatic rings. The number of nitrogens with one attached hydrogen (secondary N) is 1. The number of hydrogen-bond acceptors (Lipinski definition) is 5. The number of carbonyl (C=O) groups excluding carboxylic acids is 1. The van der Waals surface area contributed by atoms with E-state index in [0.717, 1.165) is 51.6 Å². The van der Waals surface area contributed by atoms with Crippen molar-refractivity contribution in [3.05, 3.63) is 81.6 Å². The molecular weight excluding hydrogens is 442 g/mol. The molecule has 4 aromatic rings. The van der Waals surface area contributed by atoms with Gasteiger partial charge in [-0.2, -0.15) is 4.98 Å². The predicted molar refractivity (Wildman–Crippen MR) is 130 cm³/mol. The Balaban J connectivity index is 1.49. The molecule has 0 saturated carbocycles. The van der Waals surface area contributed by atoms with Crippen LogP contribution in [0.25, 0.3) is 5.78 Å². The van der Waals surface area contributed by atoms with Gasteiger partial charge in [-0.05, 0) is 55.2 Å². The average Bonchev–Trinajstić information content (AvgIpc) is 3.20. The number of carbonyl (C=O) groups is 1. The average molecular weight is 466 g/mol. The first-order chi connectivity index (χ1) is 15.4. The molecule has 1 amide bonds. The van der Waals surface area contributed by atoms with E-state index in [1.54, 1.807) is 4.52 Å². The van der Waals surface area contributed by atoms with Gasteiger partial charge in [0.25, 0.3) is 5.78 Å². The summed E-state index contributed by atoms with van der Waals surface area (Å²) in [5.74, 6) is 0.683. The number of nitrogens with zero attached hydrogens (tertiary/aromatic N) is 4. The zero-order chi connectivity index (χ0) is 22.7. The maximum absolute atomic E-state index is 12.5. The number of para-hydroxylation sites is 1. The zero-order valence-corrected chi connectivity index (χ0v) is 19.8. The first-order valence-corrected chi connectivity index (χ1v) is 11.8. The van der Waals surface area contributed by atoms with Gasteiger partial charge in [0, 0.05) is 28.5 Å². The minimum atomic E-state index is -0.0842. The topological polar surface area (TPSA) is 72.2 Å². The van der Waals surface area contributed by atoms with E-state index in [4.69, 9.17) is 11.6 Å². The maximum Gasteiger partial charge on any atom is 0.253 e. The molecule has 0 atom stereocenters. The van der Waals surface area contributed by atoms with Crippen LogP contribution in [0.4, 0.5) is 5.69 Å². The Labute approximate surface area is 196 Å². The molecule has 0 spiro atoms. The predicted octanol–water partition coefficient (Wildman–Crippen LogP) is 5.28. The van der Waals surface area contributed by atoms with Crippen molar-refractivity contribution in [2.75, 3.05) is 11.1 Å². The van der Waals surface area contributed by atoms with Crippen molar-refractivity contribution >= 4 is 40.7 Å². The monoisotopic (exact) mass is 465 g/mol. The summed E-state index contributed by atoms with van der Waals surface area (Å²) in [7, 11) is 0. The number of fused-ring (bicyclic) bond motifs is 1. The summed E-state index contributed by atoms with van der Waals surface area (Å²) in [6.45, 7) is 6.07. The number of hydrogen-bond donors (Lipinski definition) is 1. The van der Waals surface area contributed by atoms with Gasteiger partial charge in [-0.3, -0.25) is 4.79 Å². The second kappa shape index (κ2) is 9.71. The van der Waals surface area contributed by atoms with Crippen molar-refractivity contribution in [2.24, 2.45) is 0 Å². The van der Waals surface area contributed by atoms with Gasteiger partial charge < -0.3 is 5.32 Å². The lowest BCUT2D eigenvalue weighted by Gasteiger charge is -2.10. The fourth-order valence-corrected chi connectivity index (χ4v) is 4.32. The summed E-state index contributed by atoms with van der Waals surface area (Å²) in [6, 6.07) is 15.6. The summed E-state index contributed by atoms with van der Waals surface area (Å²) < 4.78 is 1.75. The smallest absolute Gasteiger partial charge is 0.253 e. The van der Waals surface area contributed by atoms with Crippen LogP contribution in [0.5, 0.6) is 0 Å². The molecular formula is C24H24ClN5OS. The van der Waals surface area contributed by atoms with Crippen LogP contribution in [0.1, 0.15) is 35.0 Å². The molecule has 2 heterocycles. The molecule has 0 saturated heterocycles. The standard InChI is InChI=1S/C24H24ClN5OS/c1-4-18-7-5-6-8-21(18)27-22(31)14-32-24-28-23-26-15(2)20(16(3)30(23)29-24)13-17-9-11-19(25)12-10-17/h5-12H,4,13-14H2,1-3H3,(H,27,31). The quantitative estimate of drug-likeness (QED) is 0.376. The van der Waals surface area contributed by atoms with Gasteiger partial charge in [-0.25, -0.2) is 9.50 Å². The number of halogens is 1. The van der Waals surface area contributed by atoms with E-state index >= 15 is 0 Å². The lowest BCUT2D eigenvalue weighted by atomic mass is 10.0. The molecule has 0 aliphatic heterocycles. The van der Waals surface area contributed by atoms with Crippen LogP contribution in [0, 0.1) is 13.8 Å². The molecule has 0 aliphatic carbocycles. The van der Waals surface area contributed by atoms with Crippen LogP contribution in [0.3, 0.4) is 0 Å². The number of rotatable bonds is 7. The Morgan fingerprint density at radius 1 is 1.09 bits per heavy atom. The van der Waals surface area contributed by atoms with Crippen molar-refractivity contribution < 1.29 is 4.79 Å². The van der Waals surface area contributed by atoms with Gasteiger partial charge >= 0.3 is 0 Å². The minimum absolute atomic E-state index is 0.0842. The van der Waals surface area contributed by atoms with Crippen molar-refractivity contribution in [1.29, 1.82) is 0 Å². The summed E-state index contributed by atoms with van der Waals surface area (Å²) in [4.78, 5) is 21.6. The SMILES string of the molecule is CCc1ccccc1NC(=O)CSc1nc2nc(C)c(Cc3ccc(Cl)cc3)c(C)n2n1. The van der Waals surface area contributed by atoms with E-state index in [1.165, 1.54) is 11.8 Å². The van der Waals surface area contributed by atoms with Gasteiger partial charge in [-0.15, -0.1) is 5.10 Å². The second-order valence-electron chi connectivity index (χ2n) is 7.52. The van der Waals surface area contributed by atoms with E-state index in [2.05, 4.69) is 27.3 Å². The third-order valence-corrected chi connectivity index (χ3v) is 6.42. The molecule has 2 aromatic heterocycles. The molecule has 32 heavy (non-hydrogen) atoms. The second-order valence-corrected chi connectivity index (χ2v) is 8.90. The molecule has 6 nitrogen and oxygen atoms in total. The number of anilines is 1. The molecule has 8 heteroatoms. The molecule has 0 unspecified atom stereocenters. The number of benzene rings is 2. The number of aromatic nitrogens is 4. The molecule has 2 aromatic carbocycles. The summed E-state index contributed by atoms with van der Waals surface area (Å²) in [5, 5.41) is 8.82. The number of amides is 1. The van der Waals surface area contributed by atoms with Crippen molar-refractivity contribution in [3.63, 3.8) is 0 Å². The van der Waals surface area contributed by atoms with E-state index in [0.29, 0.717) is 10.9 Å². The lowest BCUT2D eigenvalue weighted by Crippen LogP contribution is -2.15. The van der Waals surface area contributed by atoms with Crippen molar-refractivity contribution in [3.8, 4) is 0 Å². The third kappa shape index (κ3) is 4.95. The zero-order valence-electron chi connectivity index (χ0n) is 18.2. The molecule has 1 N–H and O–H groups in total. The highest BCUT2D eigenvalue weighted by atomic mass is 35.5. The van der Waals surface area contributed by atoms with Crippen molar-refractivity contribution in [1.82, 2.24) is 19.6 Å². The van der Waals surface area contributed by atoms with Crippen LogP contribution in [0.2, 0.25) is 5.02 Å². The van der Waals surface area contributed by atoms with E-state index in [-0.39, 0.29) is 11.7 Å².